The van der Waals surface area contributed by atoms with Gasteiger partial charge in [-0.15, -0.1) is 0 Å². The Kier molecular flexibility index (Phi) is 3.41. The summed E-state index contributed by atoms with van der Waals surface area (Å²) in [4.78, 5) is 21.5. The van der Waals surface area contributed by atoms with Crippen molar-refractivity contribution in [1.82, 2.24) is 0 Å². The number of nitrogens with one attached hydrogen (secondary N) is 1. The number of nitrogens with two attached hydrogens (primary N) is 1. The maximum Gasteiger partial charge on any atom is 0.336 e. The molecule has 0 bridgehead atoms. The van der Waals surface area contributed by atoms with Crippen molar-refractivity contribution in [3.05, 3.63) is 29.3 Å². The molecule has 1 aromatic carbocycles. The van der Waals surface area contributed by atoms with E-state index in [-0.39, 0.29) is 16.2 Å². The molecule has 0 spiro atoms. The van der Waals surface area contributed by atoms with Crippen LogP contribution in [-0.4, -0.2) is 27.3 Å². The molecule has 0 saturated carbocycles. The lowest BCUT2D eigenvalue weighted by Crippen LogP contribution is -2.19. The quantitative estimate of drug-likeness (QED) is 0.576. The number of hydrogen-bond donors (Lipinski definition) is 4. The Morgan fingerprint density at radius 3 is 2.19 bits per heavy atom. The van der Waals surface area contributed by atoms with Gasteiger partial charge in [0.05, 0.1) is 11.1 Å². The van der Waals surface area contributed by atoms with Crippen LogP contribution in [0.1, 0.15) is 20.7 Å². The van der Waals surface area contributed by atoms with Crippen molar-refractivity contribution in [3.8, 4) is 0 Å². The second-order valence-electron chi connectivity index (χ2n) is 2.86. The summed E-state index contributed by atoms with van der Waals surface area (Å²) in [5.41, 5.74) is 4.92. The zero-order chi connectivity index (χ0) is 12.3. The van der Waals surface area contributed by atoms with Gasteiger partial charge in [-0.05, 0) is 30.4 Å². The molecule has 0 heterocycles. The maximum absolute atomic E-state index is 10.8. The van der Waals surface area contributed by atoms with Crippen molar-refractivity contribution in [2.45, 2.75) is 0 Å². The normalized spacial score (nSPS) is 9.50. The van der Waals surface area contributed by atoms with Crippen molar-refractivity contribution in [2.24, 2.45) is 5.73 Å². The number of benzene rings is 1. The van der Waals surface area contributed by atoms with Crippen LogP contribution in [-0.2, 0) is 0 Å². The Bertz CT molecular complexity index is 473. The van der Waals surface area contributed by atoms with E-state index in [1.54, 1.807) is 0 Å². The molecule has 16 heavy (non-hydrogen) atoms. The molecule has 84 valence electrons. The van der Waals surface area contributed by atoms with E-state index in [2.05, 4.69) is 17.5 Å². The van der Waals surface area contributed by atoms with Gasteiger partial charge in [-0.25, -0.2) is 9.59 Å². The number of carboxylic acids is 2. The van der Waals surface area contributed by atoms with Crippen LogP contribution in [0.15, 0.2) is 18.2 Å². The molecule has 7 heteroatoms. The topological polar surface area (TPSA) is 113 Å². The van der Waals surface area contributed by atoms with Gasteiger partial charge in [-0.2, -0.15) is 0 Å². The van der Waals surface area contributed by atoms with Crippen LogP contribution in [0.2, 0.25) is 0 Å². The van der Waals surface area contributed by atoms with Gasteiger partial charge < -0.3 is 21.3 Å². The number of hydrogen-bond acceptors (Lipinski definition) is 3. The number of rotatable bonds is 3. The van der Waals surface area contributed by atoms with Crippen molar-refractivity contribution >= 4 is 35.0 Å². The van der Waals surface area contributed by atoms with Crippen LogP contribution in [0, 0.1) is 0 Å². The highest BCUT2D eigenvalue weighted by molar-refractivity contribution is 7.80. The lowest BCUT2D eigenvalue weighted by molar-refractivity contribution is 0.0651. The number of carbonyl (C=O) groups is 2. The zero-order valence-electron chi connectivity index (χ0n) is 7.93. The van der Waals surface area contributed by atoms with E-state index in [1.165, 1.54) is 12.1 Å². The molecule has 0 amide bonds. The maximum atomic E-state index is 10.8. The second kappa shape index (κ2) is 4.58. The Labute approximate surface area is 95.7 Å². The van der Waals surface area contributed by atoms with Gasteiger partial charge in [0, 0.05) is 5.69 Å². The van der Waals surface area contributed by atoms with Crippen molar-refractivity contribution in [1.29, 1.82) is 0 Å². The molecule has 0 aromatic heterocycles. The van der Waals surface area contributed by atoms with E-state index in [9.17, 15) is 9.59 Å². The molecule has 0 radical (unpaired) electrons. The third-order valence-corrected chi connectivity index (χ3v) is 1.85. The lowest BCUT2D eigenvalue weighted by atomic mass is 10.1. The van der Waals surface area contributed by atoms with Gasteiger partial charge in [0.15, 0.2) is 5.11 Å². The molecule has 0 aliphatic carbocycles. The van der Waals surface area contributed by atoms with E-state index in [1.807, 2.05) is 0 Å². The number of anilines is 1. The fourth-order valence-electron chi connectivity index (χ4n) is 1.13. The SMILES string of the molecule is NC(=S)Nc1ccc(C(=O)O)c(C(=O)O)c1. The molecule has 0 fully saturated rings. The van der Waals surface area contributed by atoms with Crippen molar-refractivity contribution in [2.75, 3.05) is 5.32 Å². The summed E-state index contributed by atoms with van der Waals surface area (Å²) >= 11 is 4.57. The van der Waals surface area contributed by atoms with Crippen molar-refractivity contribution in [3.63, 3.8) is 0 Å². The highest BCUT2D eigenvalue weighted by Crippen LogP contribution is 2.16. The molecule has 0 aliphatic heterocycles. The molecule has 0 saturated heterocycles. The zero-order valence-corrected chi connectivity index (χ0v) is 8.75. The Morgan fingerprint density at radius 1 is 1.19 bits per heavy atom. The Balaban J connectivity index is 3.22. The third-order valence-electron chi connectivity index (χ3n) is 1.75. The minimum atomic E-state index is -1.33. The largest absolute Gasteiger partial charge is 0.478 e. The molecule has 1 rings (SSSR count). The van der Waals surface area contributed by atoms with E-state index >= 15 is 0 Å². The molecule has 0 aliphatic rings. The fraction of sp³-hybridized carbons (Fsp3) is 0. The molecule has 1 aromatic rings. The van der Waals surface area contributed by atoms with E-state index in [0.29, 0.717) is 5.69 Å². The average molecular weight is 240 g/mol. The molecular formula is C9H8N2O4S. The van der Waals surface area contributed by atoms with Crippen LogP contribution in [0.25, 0.3) is 0 Å². The first-order valence-electron chi connectivity index (χ1n) is 4.09. The third kappa shape index (κ3) is 2.67. The minimum Gasteiger partial charge on any atom is -0.478 e. The van der Waals surface area contributed by atoms with E-state index < -0.39 is 11.9 Å². The first-order valence-corrected chi connectivity index (χ1v) is 4.49. The summed E-state index contributed by atoms with van der Waals surface area (Å²) in [6.45, 7) is 0. The molecule has 6 nitrogen and oxygen atoms in total. The highest BCUT2D eigenvalue weighted by Gasteiger charge is 2.16. The first kappa shape index (κ1) is 11.9. The van der Waals surface area contributed by atoms with Crippen molar-refractivity contribution < 1.29 is 19.8 Å². The smallest absolute Gasteiger partial charge is 0.336 e. The summed E-state index contributed by atoms with van der Waals surface area (Å²) in [6, 6.07) is 3.71. The van der Waals surface area contributed by atoms with Gasteiger partial charge in [0.2, 0.25) is 0 Å². The van der Waals surface area contributed by atoms with Gasteiger partial charge in [0.25, 0.3) is 0 Å². The standard InChI is InChI=1S/C9H8N2O4S/c10-9(16)11-4-1-2-5(7(12)13)6(3-4)8(14)15/h1-3H,(H,12,13)(H,14,15)(H3,10,11,16). The highest BCUT2D eigenvalue weighted by atomic mass is 32.1. The van der Waals surface area contributed by atoms with Crippen LogP contribution in [0.5, 0.6) is 0 Å². The molecule has 0 unspecified atom stereocenters. The van der Waals surface area contributed by atoms with Gasteiger partial charge in [-0.3, -0.25) is 0 Å². The predicted molar refractivity (Wildman–Crippen MR) is 60.8 cm³/mol. The number of aromatic carboxylic acids is 2. The van der Waals surface area contributed by atoms with Crippen LogP contribution in [0.3, 0.4) is 0 Å². The molecule has 5 N–H and O–H groups in total. The van der Waals surface area contributed by atoms with Gasteiger partial charge >= 0.3 is 11.9 Å². The van der Waals surface area contributed by atoms with E-state index in [4.69, 9.17) is 15.9 Å². The first-order chi connectivity index (χ1) is 7.41. The summed E-state index contributed by atoms with van der Waals surface area (Å²) in [5.74, 6) is -2.64. The lowest BCUT2D eigenvalue weighted by Gasteiger charge is -2.06. The minimum absolute atomic E-state index is 0.0283. The Hall–Kier alpha value is -2.15. The summed E-state index contributed by atoms with van der Waals surface area (Å²) in [5, 5.41) is 20.1. The fourth-order valence-corrected chi connectivity index (χ4v) is 1.25. The predicted octanol–water partition coefficient (Wildman–Crippen LogP) is 0.739. The molecular weight excluding hydrogens is 232 g/mol. The summed E-state index contributed by atoms with van der Waals surface area (Å²) in [6.07, 6.45) is 0. The van der Waals surface area contributed by atoms with Crippen LogP contribution in [0.4, 0.5) is 5.69 Å². The van der Waals surface area contributed by atoms with Crippen LogP contribution < -0.4 is 11.1 Å². The monoisotopic (exact) mass is 240 g/mol. The van der Waals surface area contributed by atoms with E-state index in [0.717, 1.165) is 6.07 Å². The average Bonchev–Trinajstić information content (AvgIpc) is 2.16. The van der Waals surface area contributed by atoms with Gasteiger partial charge in [0.1, 0.15) is 0 Å². The number of carboxylic acid groups (broad SMARTS) is 2. The second-order valence-corrected chi connectivity index (χ2v) is 3.30. The summed E-state index contributed by atoms with van der Waals surface area (Å²) in [7, 11) is 0. The van der Waals surface area contributed by atoms with Crippen LogP contribution >= 0.6 is 12.2 Å². The molecule has 0 atom stereocenters. The van der Waals surface area contributed by atoms with Gasteiger partial charge in [-0.1, -0.05) is 0 Å². The summed E-state index contributed by atoms with van der Waals surface area (Å²) < 4.78 is 0. The Morgan fingerprint density at radius 2 is 1.75 bits per heavy atom. The number of thiocarbonyl (C=S) groups is 1.